The Kier molecular flexibility index (Phi) is 32.0. The Balaban J connectivity index is 1.63. The number of rotatable bonds is 36. The molecule has 0 bridgehead atoms. The SMILES string of the molecule is CCCCCCCC/C=C\CCCCCCCC(=O)OC[C@H]1O[C@H](O[C@H]2O[C@H](COC(=O)CCCCCCC/C=C\CCCCCCCC)[C@@H](O)[C@H](O)[C@H]2O)[C@H](O)[C@@H](O)[C@@H]1O. The van der Waals surface area contributed by atoms with E-state index >= 15 is 0 Å². The minimum absolute atomic E-state index is 0.178. The maximum atomic E-state index is 12.5. The molecular weight excluding hydrogens is 785 g/mol. The summed E-state index contributed by atoms with van der Waals surface area (Å²) in [7, 11) is 0. The molecule has 6 N–H and O–H groups in total. The minimum atomic E-state index is -1.81. The van der Waals surface area contributed by atoms with Gasteiger partial charge in [0.25, 0.3) is 0 Å². The molecular formula is C48H86O13. The van der Waals surface area contributed by atoms with Gasteiger partial charge in [-0.1, -0.05) is 141 Å². The van der Waals surface area contributed by atoms with Crippen molar-refractivity contribution in [1.82, 2.24) is 0 Å². The van der Waals surface area contributed by atoms with E-state index in [2.05, 4.69) is 38.2 Å². The summed E-state index contributed by atoms with van der Waals surface area (Å²) in [6.07, 6.45) is 22.7. The van der Waals surface area contributed by atoms with Crippen LogP contribution < -0.4 is 0 Å². The summed E-state index contributed by atoms with van der Waals surface area (Å²) in [5.74, 6) is -0.992. The van der Waals surface area contributed by atoms with E-state index in [9.17, 15) is 40.2 Å². The van der Waals surface area contributed by atoms with E-state index in [0.29, 0.717) is 12.8 Å². The van der Waals surface area contributed by atoms with Crippen molar-refractivity contribution in [3.63, 3.8) is 0 Å². The van der Waals surface area contributed by atoms with E-state index in [0.717, 1.165) is 77.0 Å². The van der Waals surface area contributed by atoms with Gasteiger partial charge in [-0.3, -0.25) is 9.59 Å². The van der Waals surface area contributed by atoms with Gasteiger partial charge >= 0.3 is 11.9 Å². The first-order valence-corrected chi connectivity index (χ1v) is 24.3. The van der Waals surface area contributed by atoms with Crippen LogP contribution in [-0.4, -0.2) is 117 Å². The van der Waals surface area contributed by atoms with Crippen molar-refractivity contribution in [1.29, 1.82) is 0 Å². The van der Waals surface area contributed by atoms with Crippen LogP contribution in [0.3, 0.4) is 0 Å². The number of unbranched alkanes of at least 4 members (excludes halogenated alkanes) is 22. The lowest BCUT2D eigenvalue weighted by Gasteiger charge is -2.44. The Morgan fingerprint density at radius 1 is 0.410 bits per heavy atom. The summed E-state index contributed by atoms with van der Waals surface area (Å²) in [4.78, 5) is 24.9. The maximum absolute atomic E-state index is 12.5. The fraction of sp³-hybridized carbons (Fsp3) is 0.875. The number of aliphatic hydroxyl groups is 6. The molecule has 2 rings (SSSR count). The Morgan fingerprint density at radius 2 is 0.705 bits per heavy atom. The van der Waals surface area contributed by atoms with Crippen LogP contribution in [-0.2, 0) is 33.3 Å². The highest BCUT2D eigenvalue weighted by molar-refractivity contribution is 5.69. The zero-order valence-electron chi connectivity index (χ0n) is 37.8. The molecule has 2 saturated heterocycles. The molecule has 356 valence electrons. The molecule has 0 amide bonds. The van der Waals surface area contributed by atoms with Gasteiger partial charge in [-0.2, -0.15) is 0 Å². The van der Waals surface area contributed by atoms with Crippen LogP contribution in [0.2, 0.25) is 0 Å². The van der Waals surface area contributed by atoms with Crippen LogP contribution in [0.4, 0.5) is 0 Å². The van der Waals surface area contributed by atoms with Crippen molar-refractivity contribution in [2.24, 2.45) is 0 Å². The highest BCUT2D eigenvalue weighted by atomic mass is 16.8. The van der Waals surface area contributed by atoms with E-state index < -0.39 is 86.6 Å². The third-order valence-electron chi connectivity index (χ3n) is 11.7. The molecule has 13 nitrogen and oxygen atoms in total. The maximum Gasteiger partial charge on any atom is 0.305 e. The van der Waals surface area contributed by atoms with Crippen molar-refractivity contribution in [3.8, 4) is 0 Å². The molecule has 13 heteroatoms. The second-order valence-electron chi connectivity index (χ2n) is 17.2. The Hall–Kier alpha value is -1.94. The van der Waals surface area contributed by atoms with Crippen molar-refractivity contribution >= 4 is 11.9 Å². The molecule has 2 aliphatic rings. The topological polar surface area (TPSA) is 202 Å². The van der Waals surface area contributed by atoms with Crippen LogP contribution in [0.25, 0.3) is 0 Å². The highest BCUT2D eigenvalue weighted by Gasteiger charge is 2.50. The molecule has 2 aliphatic heterocycles. The number of carbonyl (C=O) groups excluding carboxylic acids is 2. The van der Waals surface area contributed by atoms with Gasteiger partial charge in [0, 0.05) is 12.8 Å². The summed E-state index contributed by atoms with van der Waals surface area (Å²) in [6, 6.07) is 0. The summed E-state index contributed by atoms with van der Waals surface area (Å²) in [5, 5.41) is 63.4. The van der Waals surface area contributed by atoms with Crippen LogP contribution in [0, 0.1) is 0 Å². The first-order chi connectivity index (χ1) is 29.6. The largest absolute Gasteiger partial charge is 0.463 e. The second kappa shape index (κ2) is 35.4. The fourth-order valence-electron chi connectivity index (χ4n) is 7.64. The lowest BCUT2D eigenvalue weighted by molar-refractivity contribution is -0.376. The van der Waals surface area contributed by atoms with E-state index in [1.807, 2.05) is 0 Å². The zero-order chi connectivity index (χ0) is 44.5. The van der Waals surface area contributed by atoms with E-state index in [-0.39, 0.29) is 12.8 Å². The van der Waals surface area contributed by atoms with Gasteiger partial charge in [-0.15, -0.1) is 0 Å². The number of carbonyl (C=O) groups is 2. The average molecular weight is 871 g/mol. The van der Waals surface area contributed by atoms with Crippen molar-refractivity contribution in [2.45, 2.75) is 255 Å². The molecule has 61 heavy (non-hydrogen) atoms. The quantitative estimate of drug-likeness (QED) is 0.0203. The predicted octanol–water partition coefficient (Wildman–Crippen LogP) is 7.78. The number of allylic oxidation sites excluding steroid dienone is 4. The smallest absolute Gasteiger partial charge is 0.305 e. The summed E-state index contributed by atoms with van der Waals surface area (Å²) in [6.45, 7) is 3.60. The Morgan fingerprint density at radius 3 is 1.03 bits per heavy atom. The molecule has 0 aliphatic carbocycles. The number of esters is 2. The van der Waals surface area contributed by atoms with Gasteiger partial charge in [-0.25, -0.2) is 0 Å². The lowest BCUT2D eigenvalue weighted by atomic mass is 9.98. The van der Waals surface area contributed by atoms with Gasteiger partial charge in [0.05, 0.1) is 0 Å². The monoisotopic (exact) mass is 871 g/mol. The first-order valence-electron chi connectivity index (χ1n) is 24.3. The lowest BCUT2D eigenvalue weighted by Crippen LogP contribution is -2.64. The van der Waals surface area contributed by atoms with Gasteiger partial charge < -0.3 is 54.3 Å². The van der Waals surface area contributed by atoms with Gasteiger partial charge in [0.2, 0.25) is 0 Å². The summed E-state index contributed by atoms with van der Waals surface area (Å²) < 4.78 is 27.5. The standard InChI is InChI=1S/C48H86O13/c1-3-5-7-9-11-13-15-17-19-21-23-25-27-29-31-33-39(49)57-35-37-41(51)43(53)45(55)47(59-37)61-48-46(56)44(54)42(52)38(60-48)36-58-40(50)34-32-30-28-26-24-22-20-18-16-14-12-10-8-6-4-2/h17-20,37-38,41-48,51-56H,3-16,21-36H2,1-2H3/b19-17-,20-18-/t37-,38-,41-,42-,43+,44+,45-,46-,47-,48-/m1/s1. The average Bonchev–Trinajstić information content (AvgIpc) is 3.25. The molecule has 0 spiro atoms. The summed E-state index contributed by atoms with van der Waals surface area (Å²) >= 11 is 0. The van der Waals surface area contributed by atoms with Crippen LogP contribution in [0.15, 0.2) is 24.3 Å². The van der Waals surface area contributed by atoms with Gasteiger partial charge in [0.1, 0.15) is 62.0 Å². The van der Waals surface area contributed by atoms with Crippen molar-refractivity contribution < 1.29 is 63.9 Å². The molecule has 0 saturated carbocycles. The first kappa shape index (κ1) is 55.2. The molecule has 0 unspecified atom stereocenters. The summed E-state index contributed by atoms with van der Waals surface area (Å²) in [5.41, 5.74) is 0. The normalized spacial score (nSPS) is 27.0. The van der Waals surface area contributed by atoms with Crippen molar-refractivity contribution in [2.75, 3.05) is 13.2 Å². The number of hydrogen-bond acceptors (Lipinski definition) is 13. The minimum Gasteiger partial charge on any atom is -0.463 e. The van der Waals surface area contributed by atoms with Crippen molar-refractivity contribution in [3.05, 3.63) is 24.3 Å². The van der Waals surface area contributed by atoms with Gasteiger partial charge in [-0.05, 0) is 64.2 Å². The molecule has 2 heterocycles. The van der Waals surface area contributed by atoms with Crippen LogP contribution >= 0.6 is 0 Å². The van der Waals surface area contributed by atoms with Crippen LogP contribution in [0.5, 0.6) is 0 Å². The third kappa shape index (κ3) is 24.6. The molecule has 2 fully saturated rings. The number of ether oxygens (including phenoxy) is 5. The van der Waals surface area contributed by atoms with E-state index in [1.54, 1.807) is 0 Å². The van der Waals surface area contributed by atoms with Gasteiger partial charge in [0.15, 0.2) is 12.6 Å². The Labute approximate surface area is 367 Å². The molecule has 0 aromatic rings. The molecule has 0 aromatic heterocycles. The number of aliphatic hydroxyl groups excluding tert-OH is 6. The highest BCUT2D eigenvalue weighted by Crippen LogP contribution is 2.29. The molecule has 0 aromatic carbocycles. The number of hydrogen-bond donors (Lipinski definition) is 6. The predicted molar refractivity (Wildman–Crippen MR) is 235 cm³/mol. The van der Waals surface area contributed by atoms with E-state index in [1.165, 1.54) is 77.0 Å². The zero-order valence-corrected chi connectivity index (χ0v) is 37.8. The molecule has 10 atom stereocenters. The second-order valence-corrected chi connectivity index (χ2v) is 17.2. The Bertz CT molecular complexity index is 1060. The fourth-order valence-corrected chi connectivity index (χ4v) is 7.64. The van der Waals surface area contributed by atoms with E-state index in [4.69, 9.17) is 23.7 Å². The van der Waals surface area contributed by atoms with Crippen LogP contribution in [0.1, 0.15) is 194 Å². The molecule has 0 radical (unpaired) electrons. The third-order valence-corrected chi connectivity index (χ3v) is 11.7.